The highest BCUT2D eigenvalue weighted by Gasteiger charge is 2.48. The van der Waals surface area contributed by atoms with Crippen LogP contribution in [0.3, 0.4) is 0 Å². The number of aromatic nitrogens is 2. The molecule has 1 atom stereocenters. The second-order valence-corrected chi connectivity index (χ2v) is 12.4. The van der Waals surface area contributed by atoms with E-state index in [1.165, 1.54) is 29.8 Å². The minimum Gasteiger partial charge on any atom is -0.507 e. The number of Topliss-reactive ketones (excluding diaryl/α,β-unsaturated/α-hetero) is 1. The fourth-order valence-corrected chi connectivity index (χ4v) is 6.40. The number of ether oxygens (including phenoxy) is 2. The third-order valence-corrected chi connectivity index (χ3v) is 8.96. The minimum absolute atomic E-state index is 0.0785. The van der Waals surface area contributed by atoms with Crippen LogP contribution in [0.1, 0.15) is 43.0 Å². The van der Waals surface area contributed by atoms with Crippen molar-refractivity contribution in [2.45, 2.75) is 36.4 Å². The number of halogens is 1. The van der Waals surface area contributed by atoms with Gasteiger partial charge < -0.3 is 14.6 Å². The summed E-state index contributed by atoms with van der Waals surface area (Å²) in [4.78, 5) is 28.4. The van der Waals surface area contributed by atoms with Gasteiger partial charge in [0, 0.05) is 11.3 Å². The second kappa shape index (κ2) is 13.4. The highest BCUT2D eigenvalue weighted by Crippen LogP contribution is 2.44. The van der Waals surface area contributed by atoms with Gasteiger partial charge in [0.1, 0.15) is 23.1 Å². The van der Waals surface area contributed by atoms with Crippen LogP contribution in [0.25, 0.3) is 5.76 Å². The Morgan fingerprint density at radius 2 is 1.81 bits per heavy atom. The van der Waals surface area contributed by atoms with Crippen LogP contribution in [0.4, 0.5) is 9.52 Å². The Hall–Kier alpha value is -4.22. The average molecular weight is 620 g/mol. The smallest absolute Gasteiger partial charge is 0.301 e. The number of anilines is 1. The SMILES string of the molecule is COc1ccc(C(O)=C2C(=O)C(=O)N(c3nnc(SCc4ccccc4F)s3)C2c2cccc(OCCC(C)C)c2)cc1. The minimum atomic E-state index is -0.992. The van der Waals surface area contributed by atoms with E-state index in [9.17, 15) is 19.1 Å². The number of hydrogen-bond donors (Lipinski definition) is 1. The van der Waals surface area contributed by atoms with Gasteiger partial charge in [-0.05, 0) is 65.9 Å². The first-order chi connectivity index (χ1) is 20.8. The number of carbonyl (C=O) groups is 2. The number of methoxy groups -OCH3 is 1. The summed E-state index contributed by atoms with van der Waals surface area (Å²) in [5, 5.41) is 20.0. The van der Waals surface area contributed by atoms with Crippen molar-refractivity contribution in [3.63, 3.8) is 0 Å². The van der Waals surface area contributed by atoms with Gasteiger partial charge >= 0.3 is 5.91 Å². The molecule has 43 heavy (non-hydrogen) atoms. The van der Waals surface area contributed by atoms with Gasteiger partial charge in [-0.25, -0.2) is 4.39 Å². The van der Waals surface area contributed by atoms with E-state index in [1.54, 1.807) is 60.7 Å². The molecule has 4 aromatic rings. The second-order valence-electron chi connectivity index (χ2n) is 10.2. The van der Waals surface area contributed by atoms with Crippen molar-refractivity contribution in [3.05, 3.63) is 101 Å². The topological polar surface area (TPSA) is 102 Å². The molecule has 8 nitrogen and oxygen atoms in total. The number of aliphatic hydroxyl groups is 1. The number of rotatable bonds is 11. The quantitative estimate of drug-likeness (QED) is 0.0628. The third kappa shape index (κ3) is 6.73. The van der Waals surface area contributed by atoms with E-state index in [0.29, 0.717) is 50.8 Å². The summed E-state index contributed by atoms with van der Waals surface area (Å²) < 4.78 is 25.8. The molecule has 1 aromatic heterocycles. The summed E-state index contributed by atoms with van der Waals surface area (Å²) in [5.74, 6) is -0.398. The Kier molecular flexibility index (Phi) is 9.42. The lowest BCUT2D eigenvalue weighted by Crippen LogP contribution is -2.29. The maximum atomic E-state index is 14.1. The van der Waals surface area contributed by atoms with Gasteiger partial charge in [-0.2, -0.15) is 0 Å². The van der Waals surface area contributed by atoms with E-state index in [-0.39, 0.29) is 22.3 Å². The van der Waals surface area contributed by atoms with Gasteiger partial charge in [-0.1, -0.05) is 67.3 Å². The normalized spacial score (nSPS) is 16.2. The lowest BCUT2D eigenvalue weighted by Gasteiger charge is -2.23. The van der Waals surface area contributed by atoms with E-state index in [0.717, 1.165) is 17.8 Å². The molecule has 0 spiro atoms. The van der Waals surface area contributed by atoms with Crippen LogP contribution in [0.5, 0.6) is 11.5 Å². The fourth-order valence-electron chi connectivity index (χ4n) is 4.55. The Balaban J connectivity index is 1.53. The Morgan fingerprint density at radius 3 is 2.53 bits per heavy atom. The van der Waals surface area contributed by atoms with Crippen molar-refractivity contribution >= 4 is 45.7 Å². The Labute approximate surface area is 257 Å². The summed E-state index contributed by atoms with van der Waals surface area (Å²) >= 11 is 2.39. The number of ketones is 1. The summed E-state index contributed by atoms with van der Waals surface area (Å²) in [6.07, 6.45) is 0.859. The van der Waals surface area contributed by atoms with Crippen LogP contribution in [0.15, 0.2) is 82.7 Å². The average Bonchev–Trinajstić information content (AvgIpc) is 3.58. The Bertz CT molecular complexity index is 1650. The van der Waals surface area contributed by atoms with Crippen LogP contribution in [0.2, 0.25) is 0 Å². The molecule has 1 aliphatic rings. The van der Waals surface area contributed by atoms with Gasteiger partial charge in [0.25, 0.3) is 5.78 Å². The molecule has 0 bridgehead atoms. The number of amides is 1. The van der Waals surface area contributed by atoms with Crippen LogP contribution >= 0.6 is 23.1 Å². The Morgan fingerprint density at radius 1 is 1.05 bits per heavy atom. The van der Waals surface area contributed by atoms with Crippen molar-refractivity contribution in [2.75, 3.05) is 18.6 Å². The van der Waals surface area contributed by atoms with Crippen LogP contribution < -0.4 is 14.4 Å². The largest absolute Gasteiger partial charge is 0.507 e. The molecule has 1 unspecified atom stereocenters. The van der Waals surface area contributed by atoms with Crippen LogP contribution in [-0.2, 0) is 15.3 Å². The van der Waals surface area contributed by atoms with Crippen molar-refractivity contribution in [3.8, 4) is 11.5 Å². The molecule has 1 amide bonds. The van der Waals surface area contributed by atoms with E-state index in [1.807, 2.05) is 6.07 Å². The maximum Gasteiger partial charge on any atom is 0.301 e. The lowest BCUT2D eigenvalue weighted by molar-refractivity contribution is -0.132. The van der Waals surface area contributed by atoms with Crippen molar-refractivity contribution < 1.29 is 28.6 Å². The summed E-state index contributed by atoms with van der Waals surface area (Å²) in [5.41, 5.74) is 1.35. The van der Waals surface area contributed by atoms with Crippen molar-refractivity contribution in [2.24, 2.45) is 5.92 Å². The standard InChI is InChI=1S/C32H30FN3O5S2/c1-19(2)15-16-41-24-9-6-8-21(17-24)27-26(28(37)20-11-13-23(40-3)14-12-20)29(38)30(39)36(27)31-34-35-32(43-31)42-18-22-7-4-5-10-25(22)33/h4-14,17,19,27,37H,15-16,18H2,1-3H3. The molecule has 2 heterocycles. The summed E-state index contributed by atoms with van der Waals surface area (Å²) in [7, 11) is 1.53. The molecule has 1 fully saturated rings. The molecule has 222 valence electrons. The first-order valence-corrected chi connectivity index (χ1v) is 15.4. The monoisotopic (exact) mass is 619 g/mol. The van der Waals surface area contributed by atoms with Crippen LogP contribution in [-0.4, -0.2) is 40.7 Å². The highest BCUT2D eigenvalue weighted by atomic mass is 32.2. The third-order valence-electron chi connectivity index (χ3n) is 6.86. The van der Waals surface area contributed by atoms with E-state index < -0.39 is 17.7 Å². The molecule has 0 radical (unpaired) electrons. The summed E-state index contributed by atoms with van der Waals surface area (Å²) in [6.45, 7) is 4.72. The number of hydrogen-bond acceptors (Lipinski definition) is 9. The fraction of sp³-hybridized carbons (Fsp3) is 0.250. The first-order valence-electron chi connectivity index (χ1n) is 13.6. The van der Waals surface area contributed by atoms with Gasteiger partial charge in [0.15, 0.2) is 4.34 Å². The van der Waals surface area contributed by atoms with Gasteiger partial charge in [0.05, 0.1) is 25.3 Å². The maximum absolute atomic E-state index is 14.1. The van der Waals surface area contributed by atoms with E-state index in [4.69, 9.17) is 9.47 Å². The molecule has 1 aliphatic heterocycles. The summed E-state index contributed by atoms with van der Waals surface area (Å²) in [6, 6.07) is 19.2. The molecule has 0 saturated carbocycles. The van der Waals surface area contributed by atoms with Gasteiger partial charge in [0.2, 0.25) is 5.13 Å². The predicted octanol–water partition coefficient (Wildman–Crippen LogP) is 7.03. The van der Waals surface area contributed by atoms with Gasteiger partial charge in [-0.15, -0.1) is 10.2 Å². The number of nitrogens with zero attached hydrogens (tertiary/aromatic N) is 3. The number of aliphatic hydroxyl groups excluding tert-OH is 1. The van der Waals surface area contributed by atoms with Crippen molar-refractivity contribution in [1.82, 2.24) is 10.2 Å². The molecule has 5 rings (SSSR count). The first kappa shape index (κ1) is 30.2. The van der Waals surface area contributed by atoms with E-state index >= 15 is 0 Å². The molecule has 1 saturated heterocycles. The number of carbonyl (C=O) groups excluding carboxylic acids is 2. The zero-order valence-electron chi connectivity index (χ0n) is 23.8. The van der Waals surface area contributed by atoms with Crippen molar-refractivity contribution in [1.29, 1.82) is 0 Å². The molecule has 11 heteroatoms. The highest BCUT2D eigenvalue weighted by molar-refractivity contribution is 8.00. The molecule has 3 aromatic carbocycles. The van der Waals surface area contributed by atoms with Crippen LogP contribution in [0, 0.1) is 11.7 Å². The molecular formula is C32H30FN3O5S2. The molecular weight excluding hydrogens is 590 g/mol. The lowest BCUT2D eigenvalue weighted by atomic mass is 9.95. The van der Waals surface area contributed by atoms with Gasteiger partial charge in [-0.3, -0.25) is 14.5 Å². The molecule has 1 N–H and O–H groups in total. The zero-order chi connectivity index (χ0) is 30.5. The molecule has 0 aliphatic carbocycles. The van der Waals surface area contributed by atoms with E-state index in [2.05, 4.69) is 24.0 Å². The number of benzene rings is 3. The zero-order valence-corrected chi connectivity index (χ0v) is 25.5. The number of thioether (sulfide) groups is 1. The predicted molar refractivity (Wildman–Crippen MR) is 165 cm³/mol.